The zero-order valence-corrected chi connectivity index (χ0v) is 9.62. The molecule has 0 aromatic heterocycles. The Morgan fingerprint density at radius 3 is 2.37 bits per heavy atom. The maximum absolute atomic E-state index is 13.7. The van der Waals surface area contributed by atoms with Crippen LogP contribution in [0, 0.1) is 0 Å². The van der Waals surface area contributed by atoms with Crippen LogP contribution in [0.2, 0.25) is 0 Å². The fraction of sp³-hybridized carbons (Fsp3) is 0.231. The van der Waals surface area contributed by atoms with Crippen molar-refractivity contribution in [3.63, 3.8) is 0 Å². The predicted molar refractivity (Wildman–Crippen MR) is 60.3 cm³/mol. The van der Waals surface area contributed by atoms with Crippen molar-refractivity contribution in [1.82, 2.24) is 0 Å². The number of allylic oxidation sites excluding steroid dienone is 2. The molecule has 0 fully saturated rings. The SMILES string of the molecule is OC1(OC(F)(F)F)C=CC(F)=C(c2ccccc2)C1. The maximum atomic E-state index is 13.7. The fourth-order valence-corrected chi connectivity index (χ4v) is 1.85. The Morgan fingerprint density at radius 1 is 1.16 bits per heavy atom. The van der Waals surface area contributed by atoms with Crippen LogP contribution in [-0.4, -0.2) is 17.3 Å². The van der Waals surface area contributed by atoms with E-state index in [0.717, 1.165) is 6.08 Å². The number of halogens is 4. The lowest BCUT2D eigenvalue weighted by Crippen LogP contribution is -2.37. The summed E-state index contributed by atoms with van der Waals surface area (Å²) in [5.41, 5.74) is 0.364. The van der Waals surface area contributed by atoms with Gasteiger partial charge in [0.2, 0.25) is 0 Å². The summed E-state index contributed by atoms with van der Waals surface area (Å²) in [5, 5.41) is 9.73. The van der Waals surface area contributed by atoms with Crippen LogP contribution >= 0.6 is 0 Å². The Morgan fingerprint density at radius 2 is 1.79 bits per heavy atom. The topological polar surface area (TPSA) is 29.5 Å². The number of benzene rings is 1. The van der Waals surface area contributed by atoms with Crippen molar-refractivity contribution >= 4 is 5.57 Å². The van der Waals surface area contributed by atoms with Crippen molar-refractivity contribution in [3.05, 3.63) is 53.9 Å². The molecule has 1 aromatic carbocycles. The Balaban J connectivity index is 2.29. The molecule has 0 spiro atoms. The average molecular weight is 274 g/mol. The summed E-state index contributed by atoms with van der Waals surface area (Å²) < 4.78 is 53.8. The second-order valence-corrected chi connectivity index (χ2v) is 4.10. The number of alkyl halides is 3. The first kappa shape index (κ1) is 13.8. The zero-order chi connectivity index (χ0) is 14.1. The molecule has 1 aromatic rings. The first-order valence-electron chi connectivity index (χ1n) is 5.42. The van der Waals surface area contributed by atoms with Crippen molar-refractivity contribution < 1.29 is 27.4 Å². The van der Waals surface area contributed by atoms with Crippen LogP contribution in [-0.2, 0) is 4.74 Å². The van der Waals surface area contributed by atoms with Gasteiger partial charge in [-0.3, -0.25) is 4.74 Å². The molecule has 0 amide bonds. The van der Waals surface area contributed by atoms with Crippen LogP contribution in [0.5, 0.6) is 0 Å². The predicted octanol–water partition coefficient (Wildman–Crippen LogP) is 3.55. The van der Waals surface area contributed by atoms with Gasteiger partial charge >= 0.3 is 6.36 Å². The molecule has 1 N–H and O–H groups in total. The first-order valence-corrected chi connectivity index (χ1v) is 5.42. The van der Waals surface area contributed by atoms with Gasteiger partial charge in [0.1, 0.15) is 5.83 Å². The minimum Gasteiger partial charge on any atom is -0.362 e. The van der Waals surface area contributed by atoms with Gasteiger partial charge in [-0.05, 0) is 17.7 Å². The van der Waals surface area contributed by atoms with Gasteiger partial charge in [0, 0.05) is 12.0 Å². The number of hydrogen-bond acceptors (Lipinski definition) is 2. The second kappa shape index (κ2) is 4.79. The first-order chi connectivity index (χ1) is 8.79. The quantitative estimate of drug-likeness (QED) is 0.660. The number of hydrogen-bond donors (Lipinski definition) is 1. The summed E-state index contributed by atoms with van der Waals surface area (Å²) in [4.78, 5) is 0. The monoisotopic (exact) mass is 274 g/mol. The molecule has 1 atom stereocenters. The molecule has 1 unspecified atom stereocenters. The molecule has 2 nitrogen and oxygen atoms in total. The van der Waals surface area contributed by atoms with E-state index in [4.69, 9.17) is 0 Å². The van der Waals surface area contributed by atoms with Crippen molar-refractivity contribution in [2.75, 3.05) is 0 Å². The van der Waals surface area contributed by atoms with E-state index in [0.29, 0.717) is 11.6 Å². The molecule has 0 saturated carbocycles. The van der Waals surface area contributed by atoms with Gasteiger partial charge in [0.05, 0.1) is 0 Å². The van der Waals surface area contributed by atoms with Crippen LogP contribution in [0.4, 0.5) is 17.6 Å². The smallest absolute Gasteiger partial charge is 0.362 e. The average Bonchev–Trinajstić information content (AvgIpc) is 2.31. The van der Waals surface area contributed by atoms with E-state index in [2.05, 4.69) is 4.74 Å². The van der Waals surface area contributed by atoms with Gasteiger partial charge < -0.3 is 5.11 Å². The summed E-state index contributed by atoms with van der Waals surface area (Å²) >= 11 is 0. The highest BCUT2D eigenvalue weighted by molar-refractivity contribution is 5.71. The van der Waals surface area contributed by atoms with Gasteiger partial charge in [0.25, 0.3) is 0 Å². The van der Waals surface area contributed by atoms with Crippen molar-refractivity contribution in [2.45, 2.75) is 18.6 Å². The molecule has 0 radical (unpaired) electrons. The molecular formula is C13H10F4O2. The Kier molecular flexibility index (Phi) is 3.47. The molecule has 0 aliphatic heterocycles. The molecule has 1 aliphatic carbocycles. The minimum absolute atomic E-state index is 0.0325. The largest absolute Gasteiger partial charge is 0.525 e. The highest BCUT2D eigenvalue weighted by Crippen LogP contribution is 2.38. The lowest BCUT2D eigenvalue weighted by Gasteiger charge is -2.29. The van der Waals surface area contributed by atoms with Crippen LogP contribution in [0.3, 0.4) is 0 Å². The molecule has 102 valence electrons. The summed E-state index contributed by atoms with van der Waals surface area (Å²) in [7, 11) is 0. The molecule has 1 aliphatic rings. The van der Waals surface area contributed by atoms with E-state index >= 15 is 0 Å². The van der Waals surface area contributed by atoms with Crippen molar-refractivity contribution in [3.8, 4) is 0 Å². The molecule has 0 heterocycles. The zero-order valence-electron chi connectivity index (χ0n) is 9.62. The van der Waals surface area contributed by atoms with Crippen LogP contribution in [0.25, 0.3) is 5.57 Å². The fourth-order valence-electron chi connectivity index (χ4n) is 1.85. The number of ether oxygens (including phenoxy) is 1. The molecule has 0 saturated heterocycles. The maximum Gasteiger partial charge on any atom is 0.525 e. The van der Waals surface area contributed by atoms with E-state index in [1.54, 1.807) is 30.3 Å². The van der Waals surface area contributed by atoms with Gasteiger partial charge in [-0.2, -0.15) is 0 Å². The van der Waals surface area contributed by atoms with Gasteiger partial charge in [-0.25, -0.2) is 4.39 Å². The third kappa shape index (κ3) is 3.42. The Labute approximate surface area is 106 Å². The van der Waals surface area contributed by atoms with Crippen molar-refractivity contribution in [2.24, 2.45) is 0 Å². The summed E-state index contributed by atoms with van der Waals surface area (Å²) in [6.45, 7) is 0. The van der Waals surface area contributed by atoms with Crippen LogP contribution in [0.1, 0.15) is 12.0 Å². The highest BCUT2D eigenvalue weighted by atomic mass is 19.4. The third-order valence-corrected chi connectivity index (χ3v) is 2.62. The highest BCUT2D eigenvalue weighted by Gasteiger charge is 2.43. The van der Waals surface area contributed by atoms with E-state index < -0.39 is 24.4 Å². The Hall–Kier alpha value is -1.66. The second-order valence-electron chi connectivity index (χ2n) is 4.10. The van der Waals surface area contributed by atoms with E-state index in [9.17, 15) is 22.7 Å². The number of aliphatic hydroxyl groups is 1. The molecular weight excluding hydrogens is 264 g/mol. The van der Waals surface area contributed by atoms with E-state index in [1.165, 1.54) is 0 Å². The van der Waals surface area contributed by atoms with E-state index in [1.807, 2.05) is 0 Å². The lowest BCUT2D eigenvalue weighted by molar-refractivity contribution is -0.395. The van der Waals surface area contributed by atoms with E-state index in [-0.39, 0.29) is 5.57 Å². The van der Waals surface area contributed by atoms with Crippen molar-refractivity contribution in [1.29, 1.82) is 0 Å². The molecule has 0 bridgehead atoms. The Bertz CT molecular complexity index is 519. The number of rotatable bonds is 2. The normalized spacial score (nSPS) is 23.8. The lowest BCUT2D eigenvalue weighted by atomic mass is 9.93. The third-order valence-electron chi connectivity index (χ3n) is 2.62. The summed E-state index contributed by atoms with van der Waals surface area (Å²) in [6, 6.07) is 8.03. The minimum atomic E-state index is -5.01. The summed E-state index contributed by atoms with van der Waals surface area (Å²) in [6.07, 6.45) is -4.19. The molecule has 2 rings (SSSR count). The molecule has 19 heavy (non-hydrogen) atoms. The van der Waals surface area contributed by atoms with Crippen LogP contribution < -0.4 is 0 Å². The van der Waals surface area contributed by atoms with Gasteiger partial charge in [0.15, 0.2) is 5.79 Å². The molecule has 6 heteroatoms. The van der Waals surface area contributed by atoms with Crippen LogP contribution in [0.15, 0.2) is 48.3 Å². The van der Waals surface area contributed by atoms with Gasteiger partial charge in [-0.15, -0.1) is 13.2 Å². The standard InChI is InChI=1S/C13H10F4O2/c14-11-6-7-12(18,19-13(15,16)17)8-10(11)9-4-2-1-3-5-9/h1-7,18H,8H2. The summed E-state index contributed by atoms with van der Waals surface area (Å²) in [5.74, 6) is -3.28. The van der Waals surface area contributed by atoms with Gasteiger partial charge in [-0.1, -0.05) is 30.3 Å².